The second-order valence-electron chi connectivity index (χ2n) is 2.66. The van der Waals surface area contributed by atoms with Crippen molar-refractivity contribution < 1.29 is 0 Å². The number of hydrogen-bond donors (Lipinski definition) is 2. The van der Waals surface area contributed by atoms with Crippen LogP contribution in [0.1, 0.15) is 11.5 Å². The summed E-state index contributed by atoms with van der Waals surface area (Å²) in [5.41, 5.74) is 1.81. The summed E-state index contributed by atoms with van der Waals surface area (Å²) in [6, 6.07) is 0. The Labute approximate surface area is 67.9 Å². The number of imidazole rings is 1. The molecule has 62 valence electrons. The summed E-state index contributed by atoms with van der Waals surface area (Å²) < 4.78 is 0. The lowest BCUT2D eigenvalue weighted by atomic mass is 10.4. The third-order valence-electron chi connectivity index (χ3n) is 1.67. The molecule has 0 saturated heterocycles. The minimum absolute atomic E-state index is 0.243. The molecule has 2 N–H and O–H groups in total. The van der Waals surface area contributed by atoms with Gasteiger partial charge in [-0.1, -0.05) is 0 Å². The van der Waals surface area contributed by atoms with E-state index in [0.717, 1.165) is 5.69 Å². The van der Waals surface area contributed by atoms with Crippen LogP contribution in [0.4, 0.5) is 0 Å². The summed E-state index contributed by atoms with van der Waals surface area (Å²) in [7, 11) is 0. The average molecular weight is 164 g/mol. The van der Waals surface area contributed by atoms with Crippen LogP contribution < -0.4 is 5.69 Å². The first-order valence-electron chi connectivity index (χ1n) is 3.60. The van der Waals surface area contributed by atoms with E-state index < -0.39 is 0 Å². The van der Waals surface area contributed by atoms with Gasteiger partial charge in [-0.2, -0.15) is 0 Å². The highest BCUT2D eigenvalue weighted by Gasteiger charge is 2.03. The Bertz CT molecular complexity index is 482. The van der Waals surface area contributed by atoms with Crippen LogP contribution in [0, 0.1) is 13.8 Å². The number of nitrogens with one attached hydrogen (secondary N) is 2. The second-order valence-corrected chi connectivity index (χ2v) is 2.66. The van der Waals surface area contributed by atoms with Crippen LogP contribution in [0.3, 0.4) is 0 Å². The molecule has 2 aromatic heterocycles. The van der Waals surface area contributed by atoms with Crippen molar-refractivity contribution in [3.05, 3.63) is 22.0 Å². The van der Waals surface area contributed by atoms with Gasteiger partial charge in [0, 0.05) is 0 Å². The summed E-state index contributed by atoms with van der Waals surface area (Å²) in [6.07, 6.45) is 0. The number of aromatic nitrogens is 4. The number of aromatic amines is 2. The Balaban J connectivity index is 2.97. The Morgan fingerprint density at radius 2 is 1.92 bits per heavy atom. The predicted molar refractivity (Wildman–Crippen MR) is 44.0 cm³/mol. The van der Waals surface area contributed by atoms with E-state index in [-0.39, 0.29) is 5.69 Å². The molecule has 2 rings (SSSR count). The molecule has 0 fully saturated rings. The molecule has 0 amide bonds. The lowest BCUT2D eigenvalue weighted by molar-refractivity contribution is 1.04. The van der Waals surface area contributed by atoms with Crippen LogP contribution in [0.2, 0.25) is 0 Å². The van der Waals surface area contributed by atoms with Gasteiger partial charge in [-0.3, -0.25) is 4.98 Å². The fourth-order valence-corrected chi connectivity index (χ4v) is 1.21. The molecule has 5 heteroatoms. The maximum Gasteiger partial charge on any atom is 0.325 e. The number of H-pyrrole nitrogens is 2. The summed E-state index contributed by atoms with van der Waals surface area (Å²) >= 11 is 0. The molecule has 0 spiro atoms. The van der Waals surface area contributed by atoms with E-state index in [1.165, 1.54) is 0 Å². The van der Waals surface area contributed by atoms with Crippen molar-refractivity contribution in [2.45, 2.75) is 13.8 Å². The van der Waals surface area contributed by atoms with Gasteiger partial charge in [0.2, 0.25) is 0 Å². The molecule has 0 atom stereocenters. The molecule has 0 unspecified atom stereocenters. The fourth-order valence-electron chi connectivity index (χ4n) is 1.21. The number of fused-ring (bicyclic) bond motifs is 1. The topological polar surface area (TPSA) is 74.4 Å². The number of rotatable bonds is 0. The van der Waals surface area contributed by atoms with Crippen LogP contribution in [0.25, 0.3) is 11.2 Å². The van der Waals surface area contributed by atoms with E-state index in [2.05, 4.69) is 19.9 Å². The minimum Gasteiger partial charge on any atom is -0.303 e. The van der Waals surface area contributed by atoms with Crippen molar-refractivity contribution in [1.82, 2.24) is 19.9 Å². The summed E-state index contributed by atoms with van der Waals surface area (Å²) in [6.45, 7) is 3.62. The van der Waals surface area contributed by atoms with Gasteiger partial charge in [-0.05, 0) is 13.8 Å². The zero-order valence-corrected chi connectivity index (χ0v) is 6.80. The van der Waals surface area contributed by atoms with Crippen LogP contribution in [-0.2, 0) is 0 Å². The maximum atomic E-state index is 10.9. The van der Waals surface area contributed by atoms with E-state index in [9.17, 15) is 4.79 Å². The third-order valence-corrected chi connectivity index (χ3v) is 1.67. The van der Waals surface area contributed by atoms with Crippen LogP contribution in [0.5, 0.6) is 0 Å². The zero-order valence-electron chi connectivity index (χ0n) is 6.80. The highest BCUT2D eigenvalue weighted by atomic mass is 16.1. The molecule has 0 saturated carbocycles. The highest BCUT2D eigenvalue weighted by Crippen LogP contribution is 2.06. The molecule has 0 radical (unpaired) electrons. The molecule has 0 aromatic carbocycles. The monoisotopic (exact) mass is 164 g/mol. The summed E-state index contributed by atoms with van der Waals surface area (Å²) in [4.78, 5) is 24.2. The largest absolute Gasteiger partial charge is 0.325 e. The van der Waals surface area contributed by atoms with Gasteiger partial charge in [0.1, 0.15) is 11.3 Å². The molecular weight excluding hydrogens is 156 g/mol. The quantitative estimate of drug-likeness (QED) is 0.586. The lowest BCUT2D eigenvalue weighted by Crippen LogP contribution is -1.99. The number of nitrogens with zero attached hydrogens (tertiary/aromatic N) is 2. The van der Waals surface area contributed by atoms with E-state index in [4.69, 9.17) is 0 Å². The molecule has 0 aliphatic carbocycles. The van der Waals surface area contributed by atoms with E-state index >= 15 is 0 Å². The Morgan fingerprint density at radius 3 is 2.67 bits per heavy atom. The third kappa shape index (κ3) is 0.903. The van der Waals surface area contributed by atoms with Crippen LogP contribution in [0.15, 0.2) is 4.79 Å². The average Bonchev–Trinajstić information content (AvgIpc) is 2.29. The molecule has 0 aliphatic heterocycles. The van der Waals surface area contributed by atoms with Gasteiger partial charge in [0.15, 0.2) is 5.65 Å². The molecular formula is C7H8N4O. The van der Waals surface area contributed by atoms with Gasteiger partial charge in [-0.15, -0.1) is 0 Å². The van der Waals surface area contributed by atoms with E-state index in [1.54, 1.807) is 6.92 Å². The molecule has 12 heavy (non-hydrogen) atoms. The zero-order chi connectivity index (χ0) is 8.72. The predicted octanol–water partition coefficient (Wildman–Crippen LogP) is 0.263. The fraction of sp³-hybridized carbons (Fsp3) is 0.286. The summed E-state index contributed by atoms with van der Waals surface area (Å²) in [5, 5.41) is 0. The van der Waals surface area contributed by atoms with Crippen molar-refractivity contribution >= 4 is 11.2 Å². The van der Waals surface area contributed by atoms with Crippen LogP contribution >= 0.6 is 0 Å². The van der Waals surface area contributed by atoms with Crippen molar-refractivity contribution in [1.29, 1.82) is 0 Å². The van der Waals surface area contributed by atoms with E-state index in [0.29, 0.717) is 17.0 Å². The molecule has 0 aliphatic rings. The highest BCUT2D eigenvalue weighted by molar-refractivity contribution is 5.71. The molecule has 0 bridgehead atoms. The smallest absolute Gasteiger partial charge is 0.303 e. The van der Waals surface area contributed by atoms with Gasteiger partial charge in [0.25, 0.3) is 0 Å². The Kier molecular flexibility index (Phi) is 1.27. The second kappa shape index (κ2) is 2.17. The van der Waals surface area contributed by atoms with Crippen molar-refractivity contribution in [2.75, 3.05) is 0 Å². The first kappa shape index (κ1) is 7.02. The van der Waals surface area contributed by atoms with Crippen molar-refractivity contribution in [3.63, 3.8) is 0 Å². The summed E-state index contributed by atoms with van der Waals surface area (Å²) in [5.74, 6) is 0.662. The number of aryl methyl sites for hydroxylation is 2. The minimum atomic E-state index is -0.243. The lowest BCUT2D eigenvalue weighted by Gasteiger charge is -1.94. The maximum absolute atomic E-state index is 10.9. The van der Waals surface area contributed by atoms with E-state index in [1.807, 2.05) is 6.92 Å². The van der Waals surface area contributed by atoms with Gasteiger partial charge >= 0.3 is 5.69 Å². The standard InChI is InChI=1S/C7H8N4O/c1-3-5-6(9-4(2)8-3)11-7(12)10-5/h1-2H3,(H2,8,9,10,11,12). The first-order chi connectivity index (χ1) is 5.66. The van der Waals surface area contributed by atoms with Crippen molar-refractivity contribution in [2.24, 2.45) is 0 Å². The molecule has 5 nitrogen and oxygen atoms in total. The first-order valence-corrected chi connectivity index (χ1v) is 3.60. The Morgan fingerprint density at radius 1 is 1.17 bits per heavy atom. The Hall–Kier alpha value is -1.65. The molecule has 2 aromatic rings. The van der Waals surface area contributed by atoms with Gasteiger partial charge < -0.3 is 4.98 Å². The van der Waals surface area contributed by atoms with Gasteiger partial charge in [-0.25, -0.2) is 14.8 Å². The van der Waals surface area contributed by atoms with Crippen molar-refractivity contribution in [3.8, 4) is 0 Å². The normalized spacial score (nSPS) is 10.8. The number of hydrogen-bond acceptors (Lipinski definition) is 3. The van der Waals surface area contributed by atoms with Gasteiger partial charge in [0.05, 0.1) is 5.69 Å². The van der Waals surface area contributed by atoms with Crippen LogP contribution in [-0.4, -0.2) is 19.9 Å². The SMILES string of the molecule is Cc1nc(C)c2[nH]c(=O)[nH]c2n1. The molecule has 2 heterocycles.